The van der Waals surface area contributed by atoms with Gasteiger partial charge in [0.1, 0.15) is 11.9 Å². The number of carbonyl (C=O) groups excluding carboxylic acids is 1. The van der Waals surface area contributed by atoms with E-state index in [1.807, 2.05) is 0 Å². The van der Waals surface area contributed by atoms with Crippen LogP contribution in [0, 0.1) is 17.5 Å². The summed E-state index contributed by atoms with van der Waals surface area (Å²) in [5, 5.41) is 9.32. The van der Waals surface area contributed by atoms with Crippen LogP contribution < -0.4 is 5.73 Å². The topological polar surface area (TPSA) is 63.3 Å². The molecule has 1 aliphatic carbocycles. The first-order valence-corrected chi connectivity index (χ1v) is 5.53. The summed E-state index contributed by atoms with van der Waals surface area (Å²) in [7, 11) is 0. The van der Waals surface area contributed by atoms with E-state index in [0.29, 0.717) is 6.07 Å². The molecule has 0 aromatic heterocycles. The van der Waals surface area contributed by atoms with E-state index in [1.54, 1.807) is 0 Å². The van der Waals surface area contributed by atoms with Gasteiger partial charge in [0.2, 0.25) is 0 Å². The Kier molecular flexibility index (Phi) is 3.41. The smallest absolute Gasteiger partial charge is 0.178 e. The number of benzene rings is 1. The minimum absolute atomic E-state index is 0.106. The van der Waals surface area contributed by atoms with E-state index >= 15 is 0 Å². The molecule has 1 aliphatic rings. The van der Waals surface area contributed by atoms with Gasteiger partial charge in [-0.25, -0.2) is 13.2 Å². The molecular weight excluding hydrogens is 247 g/mol. The minimum Gasteiger partial charge on any atom is -0.385 e. The second-order valence-electron chi connectivity index (χ2n) is 4.42. The van der Waals surface area contributed by atoms with Crippen LogP contribution >= 0.6 is 0 Å². The van der Waals surface area contributed by atoms with E-state index in [9.17, 15) is 23.1 Å². The summed E-state index contributed by atoms with van der Waals surface area (Å²) in [5.74, 6) is -4.87. The van der Waals surface area contributed by atoms with Crippen LogP contribution in [-0.2, 0) is 4.79 Å². The van der Waals surface area contributed by atoms with Gasteiger partial charge in [0.05, 0.1) is 6.04 Å². The second-order valence-corrected chi connectivity index (χ2v) is 4.42. The van der Waals surface area contributed by atoms with Crippen molar-refractivity contribution in [1.29, 1.82) is 0 Å². The van der Waals surface area contributed by atoms with Gasteiger partial charge in [-0.1, -0.05) is 0 Å². The molecule has 3 N–H and O–H groups in total. The fourth-order valence-corrected chi connectivity index (χ4v) is 2.27. The fourth-order valence-electron chi connectivity index (χ4n) is 2.27. The standard InChI is InChI=1S/C12H12F3NO2/c13-5-3-7(10(15)8(14)4-5)6-1-2-9(17)12(18)11(6)16/h3-4,6,9,11,17H,1-2,16H2. The average molecular weight is 259 g/mol. The molecule has 98 valence electrons. The Bertz CT molecular complexity index is 492. The van der Waals surface area contributed by atoms with Crippen molar-refractivity contribution in [2.75, 3.05) is 0 Å². The highest BCUT2D eigenvalue weighted by atomic mass is 19.2. The maximum absolute atomic E-state index is 13.6. The zero-order valence-corrected chi connectivity index (χ0v) is 9.37. The SMILES string of the molecule is NC1C(=O)C(O)CCC1c1cc(F)cc(F)c1F. The van der Waals surface area contributed by atoms with Crippen molar-refractivity contribution in [2.24, 2.45) is 5.73 Å². The molecule has 0 saturated heterocycles. The summed E-state index contributed by atoms with van der Waals surface area (Å²) in [6, 6.07) is 0.127. The van der Waals surface area contributed by atoms with Crippen LogP contribution in [0.25, 0.3) is 0 Å². The lowest BCUT2D eigenvalue weighted by molar-refractivity contribution is -0.131. The van der Waals surface area contributed by atoms with Gasteiger partial charge in [-0.05, 0) is 24.5 Å². The summed E-state index contributed by atoms with van der Waals surface area (Å²) < 4.78 is 39.8. The van der Waals surface area contributed by atoms with Gasteiger partial charge in [-0.15, -0.1) is 0 Å². The maximum atomic E-state index is 13.6. The van der Waals surface area contributed by atoms with Crippen LogP contribution in [0.4, 0.5) is 13.2 Å². The molecule has 18 heavy (non-hydrogen) atoms. The van der Waals surface area contributed by atoms with Gasteiger partial charge in [0.25, 0.3) is 0 Å². The highest BCUT2D eigenvalue weighted by molar-refractivity contribution is 5.89. The normalized spacial score (nSPS) is 28.5. The number of rotatable bonds is 1. The molecular formula is C12H12F3NO2. The Labute approximate surface area is 101 Å². The van der Waals surface area contributed by atoms with Gasteiger partial charge >= 0.3 is 0 Å². The number of halogens is 3. The first kappa shape index (κ1) is 13.0. The van der Waals surface area contributed by atoms with Crippen LogP contribution in [0.2, 0.25) is 0 Å². The van der Waals surface area contributed by atoms with E-state index in [4.69, 9.17) is 5.73 Å². The quantitative estimate of drug-likeness (QED) is 0.746. The number of Topliss-reactive ketones (excluding diaryl/α,β-unsaturated/α-hetero) is 1. The molecule has 0 radical (unpaired) electrons. The summed E-state index contributed by atoms with van der Waals surface area (Å²) in [6.45, 7) is 0. The molecule has 1 aromatic rings. The predicted octanol–water partition coefficient (Wildman–Crippen LogP) is 1.24. The lowest BCUT2D eigenvalue weighted by Crippen LogP contribution is -2.47. The summed E-state index contributed by atoms with van der Waals surface area (Å²) in [6.07, 6.45) is -0.874. The van der Waals surface area contributed by atoms with E-state index < -0.39 is 41.3 Å². The molecule has 0 heterocycles. The van der Waals surface area contributed by atoms with Gasteiger partial charge in [0, 0.05) is 12.0 Å². The van der Waals surface area contributed by atoms with Crippen LogP contribution in [-0.4, -0.2) is 23.0 Å². The Morgan fingerprint density at radius 2 is 1.89 bits per heavy atom. The predicted molar refractivity (Wildman–Crippen MR) is 57.3 cm³/mol. The number of aliphatic hydroxyl groups excluding tert-OH is 1. The van der Waals surface area contributed by atoms with Crippen LogP contribution in [0.5, 0.6) is 0 Å². The second kappa shape index (κ2) is 4.70. The van der Waals surface area contributed by atoms with Crippen molar-refractivity contribution < 1.29 is 23.1 Å². The molecule has 3 unspecified atom stereocenters. The van der Waals surface area contributed by atoms with Crippen LogP contribution in [0.1, 0.15) is 24.3 Å². The first-order valence-electron chi connectivity index (χ1n) is 5.53. The van der Waals surface area contributed by atoms with E-state index in [2.05, 4.69) is 0 Å². The Morgan fingerprint density at radius 3 is 2.56 bits per heavy atom. The Hall–Kier alpha value is -1.40. The monoisotopic (exact) mass is 259 g/mol. The lowest BCUT2D eigenvalue weighted by atomic mass is 9.78. The third kappa shape index (κ3) is 2.13. The van der Waals surface area contributed by atoms with Crippen molar-refractivity contribution in [3.63, 3.8) is 0 Å². The maximum Gasteiger partial charge on any atom is 0.178 e. The van der Waals surface area contributed by atoms with Crippen molar-refractivity contribution in [1.82, 2.24) is 0 Å². The average Bonchev–Trinajstić information content (AvgIpc) is 2.31. The summed E-state index contributed by atoms with van der Waals surface area (Å²) in [4.78, 5) is 11.5. The van der Waals surface area contributed by atoms with Crippen molar-refractivity contribution in [2.45, 2.75) is 30.9 Å². The zero-order chi connectivity index (χ0) is 13.4. The molecule has 2 rings (SSSR count). The Balaban J connectivity index is 2.40. The first-order chi connectivity index (χ1) is 8.41. The molecule has 1 aromatic carbocycles. The molecule has 1 fully saturated rings. The number of carbonyl (C=O) groups is 1. The van der Waals surface area contributed by atoms with E-state index in [-0.39, 0.29) is 18.4 Å². The molecule has 3 atom stereocenters. The largest absolute Gasteiger partial charge is 0.385 e. The third-order valence-corrected chi connectivity index (χ3v) is 3.26. The van der Waals surface area contributed by atoms with Crippen molar-refractivity contribution in [3.8, 4) is 0 Å². The van der Waals surface area contributed by atoms with Crippen LogP contribution in [0.3, 0.4) is 0 Å². The highest BCUT2D eigenvalue weighted by Crippen LogP contribution is 2.33. The van der Waals surface area contributed by atoms with Gasteiger partial charge in [-0.2, -0.15) is 0 Å². The van der Waals surface area contributed by atoms with Crippen LogP contribution in [0.15, 0.2) is 12.1 Å². The molecule has 6 heteroatoms. The van der Waals surface area contributed by atoms with Gasteiger partial charge < -0.3 is 10.8 Å². The third-order valence-electron chi connectivity index (χ3n) is 3.26. The molecule has 0 spiro atoms. The fraction of sp³-hybridized carbons (Fsp3) is 0.417. The number of nitrogens with two attached hydrogens (primary N) is 1. The number of hydrogen-bond acceptors (Lipinski definition) is 3. The number of ketones is 1. The minimum atomic E-state index is -1.31. The van der Waals surface area contributed by atoms with E-state index in [0.717, 1.165) is 6.07 Å². The number of aliphatic hydroxyl groups is 1. The summed E-state index contributed by atoms with van der Waals surface area (Å²) >= 11 is 0. The van der Waals surface area contributed by atoms with Crippen molar-refractivity contribution in [3.05, 3.63) is 35.1 Å². The highest BCUT2D eigenvalue weighted by Gasteiger charge is 2.37. The molecule has 3 nitrogen and oxygen atoms in total. The molecule has 0 aliphatic heterocycles. The summed E-state index contributed by atoms with van der Waals surface area (Å²) in [5.41, 5.74) is 5.34. The lowest BCUT2D eigenvalue weighted by Gasteiger charge is -2.30. The van der Waals surface area contributed by atoms with Gasteiger partial charge in [0.15, 0.2) is 17.4 Å². The van der Waals surface area contributed by atoms with Crippen molar-refractivity contribution >= 4 is 5.78 Å². The number of hydrogen-bond donors (Lipinski definition) is 2. The van der Waals surface area contributed by atoms with Gasteiger partial charge in [-0.3, -0.25) is 4.79 Å². The molecule has 0 bridgehead atoms. The molecule has 1 saturated carbocycles. The zero-order valence-electron chi connectivity index (χ0n) is 9.37. The Morgan fingerprint density at radius 1 is 1.22 bits per heavy atom. The molecule has 0 amide bonds. The van der Waals surface area contributed by atoms with E-state index in [1.165, 1.54) is 0 Å².